The summed E-state index contributed by atoms with van der Waals surface area (Å²) >= 11 is 1.31. The number of carbonyl (C=O) groups excluding carboxylic acids is 2. The van der Waals surface area contributed by atoms with E-state index in [9.17, 15) is 14.7 Å². The van der Waals surface area contributed by atoms with Crippen molar-refractivity contribution in [1.82, 2.24) is 10.3 Å². The summed E-state index contributed by atoms with van der Waals surface area (Å²) in [4.78, 5) is 25.5. The Morgan fingerprint density at radius 1 is 1.33 bits per heavy atom. The Kier molecular flexibility index (Phi) is 6.19. The molecule has 1 heterocycles. The van der Waals surface area contributed by atoms with Crippen molar-refractivity contribution >= 4 is 38.7 Å². The van der Waals surface area contributed by atoms with Crippen LogP contribution in [0.2, 0.25) is 0 Å². The van der Waals surface area contributed by atoms with Crippen LogP contribution in [0.1, 0.15) is 0 Å². The number of amides is 2. The molecule has 1 aromatic heterocycles. The summed E-state index contributed by atoms with van der Waals surface area (Å²) in [6.07, 6.45) is 0. The maximum Gasteiger partial charge on any atom is 1.00 e. The number of aliphatic carboxylic acids is 1. The molecule has 18 heavy (non-hydrogen) atoms. The minimum atomic E-state index is -1.34. The zero-order valence-corrected chi connectivity index (χ0v) is 13.5. The van der Waals surface area contributed by atoms with Gasteiger partial charge in [-0.3, -0.25) is 5.32 Å². The summed E-state index contributed by atoms with van der Waals surface area (Å²) in [5.74, 6) is -1.34. The molecule has 1 aromatic carbocycles. The van der Waals surface area contributed by atoms with Crippen LogP contribution in [-0.2, 0) is 4.79 Å². The van der Waals surface area contributed by atoms with Crippen molar-refractivity contribution in [2.45, 2.75) is 0 Å². The fourth-order valence-corrected chi connectivity index (χ4v) is 2.08. The van der Waals surface area contributed by atoms with Gasteiger partial charge in [-0.2, -0.15) is 0 Å². The Bertz CT molecular complexity index is 539. The molecule has 2 N–H and O–H groups in total. The molecule has 0 saturated carbocycles. The first-order valence-electron chi connectivity index (χ1n) is 4.75. The first-order valence-corrected chi connectivity index (χ1v) is 5.57. The first-order chi connectivity index (χ1) is 8.15. The van der Waals surface area contributed by atoms with E-state index in [1.165, 1.54) is 11.3 Å². The monoisotopic (exact) mass is 289 g/mol. The second-order valence-corrected chi connectivity index (χ2v) is 4.20. The minimum absolute atomic E-state index is 0. The topological polar surface area (TPSA) is 94.1 Å². The smallest absolute Gasteiger partial charge is 0.548 e. The Morgan fingerprint density at radius 3 is 2.72 bits per heavy atom. The summed E-state index contributed by atoms with van der Waals surface area (Å²) in [7, 11) is 0. The number of hydrogen-bond acceptors (Lipinski definition) is 5. The molecule has 0 radical (unpaired) electrons. The molecule has 0 aliphatic rings. The number of nitrogens with zero attached hydrogens (tertiary/aromatic N) is 1. The molecule has 8 heteroatoms. The van der Waals surface area contributed by atoms with E-state index in [4.69, 9.17) is 0 Å². The number of thiazole rings is 1. The van der Waals surface area contributed by atoms with Gasteiger partial charge >= 0.3 is 57.4 Å². The van der Waals surface area contributed by atoms with Crippen LogP contribution in [0.5, 0.6) is 0 Å². The molecule has 0 spiro atoms. The first kappa shape index (κ1) is 15.5. The predicted molar refractivity (Wildman–Crippen MR) is 61.6 cm³/mol. The molecule has 0 aliphatic heterocycles. The SMILES string of the molecule is O=C([O-])CNC(=O)Nc1nc2ccccc2s1.[K+]. The van der Waals surface area contributed by atoms with Crippen molar-refractivity contribution in [2.75, 3.05) is 11.9 Å². The molecule has 6 nitrogen and oxygen atoms in total. The van der Waals surface area contributed by atoms with Crippen LogP contribution in [0.3, 0.4) is 0 Å². The van der Waals surface area contributed by atoms with Crippen molar-refractivity contribution < 1.29 is 66.1 Å². The van der Waals surface area contributed by atoms with E-state index in [2.05, 4.69) is 15.6 Å². The van der Waals surface area contributed by atoms with E-state index in [1.54, 1.807) is 0 Å². The van der Waals surface area contributed by atoms with Gasteiger partial charge < -0.3 is 15.2 Å². The van der Waals surface area contributed by atoms with Gasteiger partial charge in [0.1, 0.15) is 0 Å². The van der Waals surface area contributed by atoms with E-state index in [0.717, 1.165) is 10.2 Å². The van der Waals surface area contributed by atoms with Crippen molar-refractivity contribution in [3.63, 3.8) is 0 Å². The normalized spacial score (nSPS) is 9.56. The van der Waals surface area contributed by atoms with Crippen LogP contribution in [-0.4, -0.2) is 23.5 Å². The number of nitrogens with one attached hydrogen (secondary N) is 2. The molecule has 0 bridgehead atoms. The van der Waals surface area contributed by atoms with Gasteiger partial charge in [0.05, 0.1) is 22.7 Å². The van der Waals surface area contributed by atoms with Crippen molar-refractivity contribution in [3.8, 4) is 0 Å². The van der Waals surface area contributed by atoms with Gasteiger partial charge in [-0.05, 0) is 12.1 Å². The molecule has 2 rings (SSSR count). The molecular formula is C10H8KN3O3S. The third-order valence-corrected chi connectivity index (χ3v) is 2.86. The van der Waals surface area contributed by atoms with Crippen molar-refractivity contribution in [1.29, 1.82) is 0 Å². The van der Waals surface area contributed by atoms with Crippen LogP contribution in [0.25, 0.3) is 10.2 Å². The number of aromatic nitrogens is 1. The molecule has 0 saturated heterocycles. The zero-order chi connectivity index (χ0) is 12.3. The largest absolute Gasteiger partial charge is 1.00 e. The molecule has 2 aromatic rings. The van der Waals surface area contributed by atoms with Crippen LogP contribution in [0, 0.1) is 0 Å². The third kappa shape index (κ3) is 4.30. The van der Waals surface area contributed by atoms with E-state index < -0.39 is 18.5 Å². The van der Waals surface area contributed by atoms with Crippen LogP contribution >= 0.6 is 11.3 Å². The number of rotatable bonds is 3. The number of carbonyl (C=O) groups is 2. The van der Waals surface area contributed by atoms with E-state index in [0.29, 0.717) is 5.13 Å². The number of para-hydroxylation sites is 1. The molecule has 88 valence electrons. The summed E-state index contributed by atoms with van der Waals surface area (Å²) in [5.41, 5.74) is 0.785. The van der Waals surface area contributed by atoms with Gasteiger partial charge in [-0.1, -0.05) is 23.5 Å². The second kappa shape index (κ2) is 7.17. The van der Waals surface area contributed by atoms with Crippen LogP contribution in [0.15, 0.2) is 24.3 Å². The maximum atomic E-state index is 11.2. The fraction of sp³-hybridized carbons (Fsp3) is 0.100. The fourth-order valence-electron chi connectivity index (χ4n) is 1.22. The summed E-state index contributed by atoms with van der Waals surface area (Å²) < 4.78 is 0.947. The molecule has 0 atom stereocenters. The van der Waals surface area contributed by atoms with Crippen LogP contribution in [0.4, 0.5) is 9.93 Å². The zero-order valence-electron chi connectivity index (χ0n) is 9.60. The number of hydrogen-bond donors (Lipinski definition) is 2. The number of urea groups is 1. The van der Waals surface area contributed by atoms with Gasteiger partial charge in [0.25, 0.3) is 0 Å². The summed E-state index contributed by atoms with van der Waals surface area (Å²) in [6.45, 7) is -0.531. The summed E-state index contributed by atoms with van der Waals surface area (Å²) in [5, 5.41) is 15.1. The maximum absolute atomic E-state index is 11.2. The van der Waals surface area contributed by atoms with Gasteiger partial charge in [0.15, 0.2) is 5.13 Å². The number of benzene rings is 1. The Balaban J connectivity index is 0.00000162. The standard InChI is InChI=1S/C10H9N3O3S.K/c14-8(15)5-11-9(16)13-10-12-6-3-1-2-4-7(6)17-10;/h1-4H,5H2,(H,14,15)(H2,11,12,13,16);/q;+1/p-1. The van der Waals surface area contributed by atoms with E-state index >= 15 is 0 Å². The number of carboxylic acid groups (broad SMARTS) is 1. The van der Waals surface area contributed by atoms with Gasteiger partial charge in [-0.25, -0.2) is 9.78 Å². The van der Waals surface area contributed by atoms with Crippen molar-refractivity contribution in [3.05, 3.63) is 24.3 Å². The Morgan fingerprint density at radius 2 is 2.06 bits per heavy atom. The van der Waals surface area contributed by atoms with Gasteiger partial charge in [-0.15, -0.1) is 0 Å². The average molecular weight is 289 g/mol. The van der Waals surface area contributed by atoms with Crippen LogP contribution < -0.4 is 67.1 Å². The van der Waals surface area contributed by atoms with E-state index in [-0.39, 0.29) is 51.4 Å². The Labute approximate surface area is 149 Å². The quantitative estimate of drug-likeness (QED) is 0.596. The number of carboxylic acids is 1. The number of anilines is 1. The van der Waals surface area contributed by atoms with E-state index in [1.807, 2.05) is 24.3 Å². The average Bonchev–Trinajstić information content (AvgIpc) is 2.68. The predicted octanol–water partition coefficient (Wildman–Crippen LogP) is -2.83. The summed E-state index contributed by atoms with van der Waals surface area (Å²) in [6, 6.07) is 6.82. The molecule has 2 amide bonds. The van der Waals surface area contributed by atoms with Crippen molar-refractivity contribution in [2.24, 2.45) is 0 Å². The van der Waals surface area contributed by atoms with Gasteiger partial charge in [0, 0.05) is 0 Å². The second-order valence-electron chi connectivity index (χ2n) is 3.17. The Hall–Kier alpha value is -0.514. The molecule has 0 unspecified atom stereocenters. The minimum Gasteiger partial charge on any atom is -0.548 e. The third-order valence-electron chi connectivity index (χ3n) is 1.91. The molecule has 0 fully saturated rings. The molecule has 0 aliphatic carbocycles. The van der Waals surface area contributed by atoms with Gasteiger partial charge in [0.2, 0.25) is 0 Å². The number of fused-ring (bicyclic) bond motifs is 1. The molecular weight excluding hydrogens is 281 g/mol.